The predicted molar refractivity (Wildman–Crippen MR) is 97.1 cm³/mol. The number of piperidine rings is 1. The molecule has 3 aromatic rings. The number of benzene rings is 2. The number of rotatable bonds is 4. The molecule has 0 amide bonds. The SMILES string of the molecule is c1ccc(CN2CCC[C@@H](Oc3ccc4cnccc4c3)C2)cc1. The zero-order valence-corrected chi connectivity index (χ0v) is 13.8. The van der Waals surface area contributed by atoms with Crippen LogP contribution in [0.3, 0.4) is 0 Å². The topological polar surface area (TPSA) is 25.4 Å². The second-order valence-electron chi connectivity index (χ2n) is 6.49. The molecule has 1 atom stereocenters. The van der Waals surface area contributed by atoms with Crippen molar-refractivity contribution in [1.82, 2.24) is 9.88 Å². The molecule has 0 unspecified atom stereocenters. The highest BCUT2D eigenvalue weighted by atomic mass is 16.5. The van der Waals surface area contributed by atoms with Crippen molar-refractivity contribution >= 4 is 10.8 Å². The third-order valence-corrected chi connectivity index (χ3v) is 4.63. The van der Waals surface area contributed by atoms with E-state index < -0.39 is 0 Å². The number of likely N-dealkylation sites (tertiary alicyclic amines) is 1. The van der Waals surface area contributed by atoms with Gasteiger partial charge in [-0.2, -0.15) is 0 Å². The van der Waals surface area contributed by atoms with Crippen molar-refractivity contribution in [3.8, 4) is 5.75 Å². The van der Waals surface area contributed by atoms with Crippen molar-refractivity contribution in [2.45, 2.75) is 25.5 Å². The van der Waals surface area contributed by atoms with Crippen LogP contribution >= 0.6 is 0 Å². The number of ether oxygens (including phenoxy) is 1. The van der Waals surface area contributed by atoms with Gasteiger partial charge in [0.2, 0.25) is 0 Å². The van der Waals surface area contributed by atoms with Crippen molar-refractivity contribution < 1.29 is 4.74 Å². The summed E-state index contributed by atoms with van der Waals surface area (Å²) >= 11 is 0. The number of fused-ring (bicyclic) bond motifs is 1. The molecule has 0 radical (unpaired) electrons. The van der Waals surface area contributed by atoms with Crippen molar-refractivity contribution in [3.63, 3.8) is 0 Å². The lowest BCUT2D eigenvalue weighted by atomic mass is 10.1. The maximum Gasteiger partial charge on any atom is 0.120 e. The van der Waals surface area contributed by atoms with Gasteiger partial charge in [-0.15, -0.1) is 0 Å². The van der Waals surface area contributed by atoms with Crippen LogP contribution < -0.4 is 4.74 Å². The van der Waals surface area contributed by atoms with Gasteiger partial charge in [0.25, 0.3) is 0 Å². The Bertz CT molecular complexity index is 803. The van der Waals surface area contributed by atoms with Gasteiger partial charge in [0.05, 0.1) is 0 Å². The van der Waals surface area contributed by atoms with E-state index in [0.717, 1.165) is 37.2 Å². The lowest BCUT2D eigenvalue weighted by molar-refractivity contribution is 0.0844. The van der Waals surface area contributed by atoms with Gasteiger partial charge in [-0.05, 0) is 54.6 Å². The molecule has 0 spiro atoms. The maximum atomic E-state index is 6.27. The van der Waals surface area contributed by atoms with Gasteiger partial charge in [0.1, 0.15) is 11.9 Å². The van der Waals surface area contributed by atoms with Gasteiger partial charge in [-0.3, -0.25) is 9.88 Å². The lowest BCUT2D eigenvalue weighted by Gasteiger charge is -2.33. The molecule has 3 nitrogen and oxygen atoms in total. The van der Waals surface area contributed by atoms with Crippen molar-refractivity contribution in [2.24, 2.45) is 0 Å². The fourth-order valence-electron chi connectivity index (χ4n) is 3.42. The van der Waals surface area contributed by atoms with E-state index in [2.05, 4.69) is 58.4 Å². The van der Waals surface area contributed by atoms with Crippen LogP contribution in [0.1, 0.15) is 18.4 Å². The smallest absolute Gasteiger partial charge is 0.120 e. The van der Waals surface area contributed by atoms with Gasteiger partial charge >= 0.3 is 0 Å². The summed E-state index contributed by atoms with van der Waals surface area (Å²) in [5, 5.41) is 2.33. The number of aromatic nitrogens is 1. The molecule has 4 rings (SSSR count). The van der Waals surface area contributed by atoms with Crippen molar-refractivity contribution in [1.29, 1.82) is 0 Å². The minimum Gasteiger partial charge on any atom is -0.489 e. The molecule has 3 heteroatoms. The highest BCUT2D eigenvalue weighted by molar-refractivity contribution is 5.82. The Morgan fingerprint density at radius 2 is 1.96 bits per heavy atom. The maximum absolute atomic E-state index is 6.27. The van der Waals surface area contributed by atoms with Gasteiger partial charge in [-0.1, -0.05) is 30.3 Å². The first-order valence-electron chi connectivity index (χ1n) is 8.63. The minimum atomic E-state index is 0.266. The molecule has 0 bridgehead atoms. The molecule has 1 aliphatic rings. The molecule has 24 heavy (non-hydrogen) atoms. The average molecular weight is 318 g/mol. The predicted octanol–water partition coefficient (Wildman–Crippen LogP) is 4.28. The molecule has 1 fully saturated rings. The fourth-order valence-corrected chi connectivity index (χ4v) is 3.42. The van der Waals surface area contributed by atoms with E-state index in [9.17, 15) is 0 Å². The van der Waals surface area contributed by atoms with Gasteiger partial charge < -0.3 is 4.74 Å². The lowest BCUT2D eigenvalue weighted by Crippen LogP contribution is -2.40. The Morgan fingerprint density at radius 3 is 2.88 bits per heavy atom. The number of hydrogen-bond donors (Lipinski definition) is 0. The van der Waals surface area contributed by atoms with Gasteiger partial charge in [0, 0.05) is 30.9 Å². The van der Waals surface area contributed by atoms with E-state index in [4.69, 9.17) is 4.74 Å². The molecule has 0 aliphatic carbocycles. The monoisotopic (exact) mass is 318 g/mol. The Balaban J connectivity index is 1.42. The molecule has 0 N–H and O–H groups in total. The zero-order valence-electron chi connectivity index (χ0n) is 13.8. The Labute approximate surface area is 142 Å². The fraction of sp³-hybridized carbons (Fsp3) is 0.286. The largest absolute Gasteiger partial charge is 0.489 e. The van der Waals surface area contributed by atoms with Crippen LogP contribution in [0.5, 0.6) is 5.75 Å². The summed E-state index contributed by atoms with van der Waals surface area (Å²) in [7, 11) is 0. The summed E-state index contributed by atoms with van der Waals surface area (Å²) in [6, 6.07) is 19.0. The van der Waals surface area contributed by atoms with E-state index in [-0.39, 0.29) is 6.10 Å². The summed E-state index contributed by atoms with van der Waals surface area (Å²) < 4.78 is 6.27. The van der Waals surface area contributed by atoms with E-state index in [1.165, 1.54) is 17.4 Å². The van der Waals surface area contributed by atoms with Crippen LogP contribution in [-0.2, 0) is 6.54 Å². The first-order valence-corrected chi connectivity index (χ1v) is 8.63. The summed E-state index contributed by atoms with van der Waals surface area (Å²) in [5.41, 5.74) is 1.37. The number of hydrogen-bond acceptors (Lipinski definition) is 3. The molecule has 0 saturated carbocycles. The van der Waals surface area contributed by atoms with E-state index in [1.54, 1.807) is 0 Å². The number of nitrogens with zero attached hydrogens (tertiary/aromatic N) is 2. The second kappa shape index (κ2) is 7.02. The number of pyridine rings is 1. The van der Waals surface area contributed by atoms with Crippen LogP contribution in [0, 0.1) is 0 Å². The quantitative estimate of drug-likeness (QED) is 0.718. The molecule has 2 aromatic carbocycles. The minimum absolute atomic E-state index is 0.266. The van der Waals surface area contributed by atoms with Crippen LogP contribution in [0.25, 0.3) is 10.8 Å². The summed E-state index contributed by atoms with van der Waals surface area (Å²) in [6.07, 6.45) is 6.30. The Hall–Kier alpha value is -2.39. The van der Waals surface area contributed by atoms with Crippen molar-refractivity contribution in [3.05, 3.63) is 72.6 Å². The van der Waals surface area contributed by atoms with E-state index in [0.29, 0.717) is 0 Å². The van der Waals surface area contributed by atoms with Crippen LogP contribution in [0.4, 0.5) is 0 Å². The molecule has 1 saturated heterocycles. The summed E-state index contributed by atoms with van der Waals surface area (Å²) in [6.45, 7) is 3.14. The summed E-state index contributed by atoms with van der Waals surface area (Å²) in [5.74, 6) is 0.959. The third kappa shape index (κ3) is 3.57. The Kier molecular flexibility index (Phi) is 4.43. The van der Waals surface area contributed by atoms with E-state index >= 15 is 0 Å². The first kappa shape index (κ1) is 15.2. The first-order chi connectivity index (χ1) is 11.9. The zero-order chi connectivity index (χ0) is 16.2. The van der Waals surface area contributed by atoms with Crippen LogP contribution in [0.15, 0.2) is 67.0 Å². The van der Waals surface area contributed by atoms with Crippen molar-refractivity contribution in [2.75, 3.05) is 13.1 Å². The second-order valence-corrected chi connectivity index (χ2v) is 6.49. The van der Waals surface area contributed by atoms with E-state index in [1.807, 2.05) is 18.5 Å². The van der Waals surface area contributed by atoms with Gasteiger partial charge in [-0.25, -0.2) is 0 Å². The Morgan fingerprint density at radius 1 is 1.04 bits per heavy atom. The third-order valence-electron chi connectivity index (χ3n) is 4.63. The van der Waals surface area contributed by atoms with Gasteiger partial charge in [0.15, 0.2) is 0 Å². The normalized spacial score (nSPS) is 18.6. The molecular formula is C21H22N2O. The molecule has 2 heterocycles. The summed E-state index contributed by atoms with van der Waals surface area (Å²) in [4.78, 5) is 6.66. The molecule has 1 aliphatic heterocycles. The highest BCUT2D eigenvalue weighted by Gasteiger charge is 2.21. The van der Waals surface area contributed by atoms with Crippen LogP contribution in [0.2, 0.25) is 0 Å². The standard InChI is InChI=1S/C21H22N2O/c1-2-5-17(6-3-1)15-23-12-4-7-21(16-23)24-20-9-8-19-14-22-11-10-18(19)13-20/h1-3,5-6,8-11,13-14,21H,4,7,12,15-16H2/t21-/m1/s1. The molecule has 1 aromatic heterocycles. The molecule has 122 valence electrons. The van der Waals surface area contributed by atoms with Crippen LogP contribution in [-0.4, -0.2) is 29.1 Å². The average Bonchev–Trinajstić information content (AvgIpc) is 2.63. The molecular weight excluding hydrogens is 296 g/mol. The highest BCUT2D eigenvalue weighted by Crippen LogP contribution is 2.23.